The number of ether oxygens (including phenoxy) is 1. The van der Waals surface area contributed by atoms with Crippen LogP contribution in [0.15, 0.2) is 88.2 Å². The standard InChI is InChI=1S/C23H16N4O2S2/c28-22(29-14-15-9-10-16-5-1-2-6-17(16)13-15)25-21-26-27-23(31-21)30-20-11-12-24-19-8-4-3-7-18(19)20/h1-13H,14H2,(H,25,26,28). The monoisotopic (exact) mass is 444 g/mol. The van der Waals surface area contributed by atoms with Crippen molar-refractivity contribution >= 4 is 56.0 Å². The van der Waals surface area contributed by atoms with E-state index in [0.29, 0.717) is 5.13 Å². The lowest BCUT2D eigenvalue weighted by Gasteiger charge is -2.06. The molecule has 0 spiro atoms. The molecule has 0 bridgehead atoms. The summed E-state index contributed by atoms with van der Waals surface area (Å²) in [6.45, 7) is 0.181. The summed E-state index contributed by atoms with van der Waals surface area (Å²) in [5, 5.41) is 14.6. The van der Waals surface area contributed by atoms with E-state index in [1.54, 1.807) is 6.20 Å². The molecule has 2 heterocycles. The second-order valence-electron chi connectivity index (χ2n) is 6.68. The van der Waals surface area contributed by atoms with Gasteiger partial charge in [-0.05, 0) is 34.5 Å². The Labute approximate surface area is 186 Å². The number of hydrogen-bond acceptors (Lipinski definition) is 7. The maximum atomic E-state index is 12.2. The van der Waals surface area contributed by atoms with Crippen molar-refractivity contribution in [3.05, 3.63) is 84.6 Å². The number of amides is 1. The molecule has 0 unspecified atom stereocenters. The van der Waals surface area contributed by atoms with E-state index in [4.69, 9.17) is 4.74 Å². The van der Waals surface area contributed by atoms with Gasteiger partial charge in [0.25, 0.3) is 0 Å². The van der Waals surface area contributed by atoms with E-state index in [-0.39, 0.29) is 6.61 Å². The molecular weight excluding hydrogens is 428 g/mol. The number of benzene rings is 3. The number of nitrogens with zero attached hydrogens (tertiary/aromatic N) is 3. The molecule has 6 nitrogen and oxygen atoms in total. The van der Waals surface area contributed by atoms with Crippen molar-refractivity contribution in [3.8, 4) is 0 Å². The predicted octanol–water partition coefficient (Wildman–Crippen LogP) is 6.14. The van der Waals surface area contributed by atoms with Crippen molar-refractivity contribution in [1.82, 2.24) is 15.2 Å². The van der Waals surface area contributed by atoms with Crippen LogP contribution in [0.1, 0.15) is 5.56 Å². The zero-order chi connectivity index (χ0) is 21.0. The smallest absolute Gasteiger partial charge is 0.413 e. The Morgan fingerprint density at radius 2 is 1.81 bits per heavy atom. The fourth-order valence-electron chi connectivity index (χ4n) is 3.16. The largest absolute Gasteiger partial charge is 0.444 e. The number of hydrogen-bond donors (Lipinski definition) is 1. The number of fused-ring (bicyclic) bond motifs is 2. The normalized spacial score (nSPS) is 11.0. The van der Waals surface area contributed by atoms with E-state index in [1.165, 1.54) is 23.1 Å². The highest BCUT2D eigenvalue weighted by Crippen LogP contribution is 2.35. The van der Waals surface area contributed by atoms with Gasteiger partial charge in [0.15, 0.2) is 4.34 Å². The number of para-hydroxylation sites is 1. The van der Waals surface area contributed by atoms with Gasteiger partial charge >= 0.3 is 6.09 Å². The maximum Gasteiger partial charge on any atom is 0.413 e. The quantitative estimate of drug-likeness (QED) is 0.328. The Morgan fingerprint density at radius 3 is 2.74 bits per heavy atom. The van der Waals surface area contributed by atoms with E-state index in [0.717, 1.165) is 36.5 Å². The second kappa shape index (κ2) is 8.71. The van der Waals surface area contributed by atoms with Gasteiger partial charge in [-0.25, -0.2) is 4.79 Å². The Kier molecular flexibility index (Phi) is 5.47. The van der Waals surface area contributed by atoms with Crippen molar-refractivity contribution < 1.29 is 9.53 Å². The van der Waals surface area contributed by atoms with Crippen molar-refractivity contribution in [3.63, 3.8) is 0 Å². The highest BCUT2D eigenvalue weighted by atomic mass is 32.2. The number of carbonyl (C=O) groups is 1. The summed E-state index contributed by atoms with van der Waals surface area (Å²) in [6, 6.07) is 23.9. The number of pyridine rings is 1. The van der Waals surface area contributed by atoms with Crippen LogP contribution in [0.5, 0.6) is 0 Å². The summed E-state index contributed by atoms with van der Waals surface area (Å²) < 4.78 is 6.06. The first kappa shape index (κ1) is 19.5. The van der Waals surface area contributed by atoms with Gasteiger partial charge in [-0.15, -0.1) is 10.2 Å². The van der Waals surface area contributed by atoms with Crippen LogP contribution in [-0.2, 0) is 11.3 Å². The SMILES string of the molecule is O=C(Nc1nnc(Sc2ccnc3ccccc23)s1)OCc1ccc2ccccc2c1. The minimum Gasteiger partial charge on any atom is -0.444 e. The molecule has 152 valence electrons. The molecule has 3 aromatic carbocycles. The predicted molar refractivity (Wildman–Crippen MR) is 124 cm³/mol. The van der Waals surface area contributed by atoms with Gasteiger partial charge in [-0.1, -0.05) is 77.7 Å². The highest BCUT2D eigenvalue weighted by molar-refractivity contribution is 8.01. The molecule has 31 heavy (non-hydrogen) atoms. The first-order valence-electron chi connectivity index (χ1n) is 9.51. The summed E-state index contributed by atoms with van der Waals surface area (Å²) >= 11 is 2.79. The highest BCUT2D eigenvalue weighted by Gasteiger charge is 2.12. The van der Waals surface area contributed by atoms with E-state index in [9.17, 15) is 4.79 Å². The molecule has 5 rings (SSSR count). The lowest BCUT2D eigenvalue weighted by Crippen LogP contribution is -2.13. The Hall–Kier alpha value is -3.49. The number of anilines is 1. The lowest BCUT2D eigenvalue weighted by molar-refractivity contribution is 0.155. The van der Waals surface area contributed by atoms with E-state index < -0.39 is 6.09 Å². The van der Waals surface area contributed by atoms with Crippen LogP contribution in [0.4, 0.5) is 9.93 Å². The number of rotatable bonds is 5. The van der Waals surface area contributed by atoms with E-state index in [2.05, 4.69) is 20.5 Å². The summed E-state index contributed by atoms with van der Waals surface area (Å²) in [4.78, 5) is 17.6. The number of carbonyl (C=O) groups excluding carboxylic acids is 1. The molecule has 0 saturated heterocycles. The third-order valence-corrected chi connectivity index (χ3v) is 6.57. The summed E-state index contributed by atoms with van der Waals surface area (Å²) in [5.41, 5.74) is 1.85. The third-order valence-electron chi connectivity index (χ3n) is 4.61. The summed E-state index contributed by atoms with van der Waals surface area (Å²) in [6.07, 6.45) is 1.21. The molecule has 0 atom stereocenters. The molecule has 0 aliphatic carbocycles. The van der Waals surface area contributed by atoms with Crippen LogP contribution in [0, 0.1) is 0 Å². The molecule has 8 heteroatoms. The average molecular weight is 445 g/mol. The van der Waals surface area contributed by atoms with Crippen LogP contribution in [0.3, 0.4) is 0 Å². The van der Waals surface area contributed by atoms with Gasteiger partial charge in [0.1, 0.15) is 6.61 Å². The third kappa shape index (κ3) is 4.50. The minimum atomic E-state index is -0.560. The minimum absolute atomic E-state index is 0.181. The molecule has 0 radical (unpaired) electrons. The topological polar surface area (TPSA) is 77.0 Å². The second-order valence-corrected chi connectivity index (χ2v) is 8.95. The van der Waals surface area contributed by atoms with E-state index in [1.807, 2.05) is 72.8 Å². The average Bonchev–Trinajstić information content (AvgIpc) is 3.24. The van der Waals surface area contributed by atoms with E-state index >= 15 is 0 Å². The number of aromatic nitrogens is 3. The molecule has 1 amide bonds. The fraction of sp³-hybridized carbons (Fsp3) is 0.0435. The molecule has 0 saturated carbocycles. The van der Waals surface area contributed by atoms with Crippen molar-refractivity contribution in [2.45, 2.75) is 15.8 Å². The Morgan fingerprint density at radius 1 is 0.968 bits per heavy atom. The Bertz CT molecular complexity index is 1380. The van der Waals surface area contributed by atoms with Crippen LogP contribution in [-0.4, -0.2) is 21.3 Å². The molecule has 2 aromatic heterocycles. The van der Waals surface area contributed by atoms with Crippen LogP contribution in [0.25, 0.3) is 21.7 Å². The maximum absolute atomic E-state index is 12.2. The molecule has 0 aliphatic heterocycles. The number of nitrogens with one attached hydrogen (secondary N) is 1. The fourth-order valence-corrected chi connectivity index (χ4v) is 4.97. The van der Waals surface area contributed by atoms with Crippen LogP contribution >= 0.6 is 23.1 Å². The first-order valence-corrected chi connectivity index (χ1v) is 11.1. The molecule has 0 aliphatic rings. The Balaban J connectivity index is 1.21. The lowest BCUT2D eigenvalue weighted by atomic mass is 10.1. The first-order chi connectivity index (χ1) is 15.2. The van der Waals surface area contributed by atoms with Crippen LogP contribution < -0.4 is 5.32 Å². The summed E-state index contributed by atoms with van der Waals surface area (Å²) in [5.74, 6) is 0. The van der Waals surface area contributed by atoms with Crippen molar-refractivity contribution in [2.75, 3.05) is 5.32 Å². The molecule has 0 fully saturated rings. The zero-order valence-corrected chi connectivity index (χ0v) is 17.8. The van der Waals surface area contributed by atoms with Gasteiger partial charge in [0, 0.05) is 16.5 Å². The van der Waals surface area contributed by atoms with Crippen LogP contribution in [0.2, 0.25) is 0 Å². The van der Waals surface area contributed by atoms with Crippen molar-refractivity contribution in [1.29, 1.82) is 0 Å². The van der Waals surface area contributed by atoms with Gasteiger partial charge in [-0.3, -0.25) is 10.3 Å². The molecular formula is C23H16N4O2S2. The zero-order valence-electron chi connectivity index (χ0n) is 16.2. The van der Waals surface area contributed by atoms with Gasteiger partial charge in [0.2, 0.25) is 5.13 Å². The van der Waals surface area contributed by atoms with Gasteiger partial charge in [-0.2, -0.15) is 0 Å². The van der Waals surface area contributed by atoms with Gasteiger partial charge < -0.3 is 4.74 Å². The van der Waals surface area contributed by atoms with Crippen molar-refractivity contribution in [2.24, 2.45) is 0 Å². The summed E-state index contributed by atoms with van der Waals surface area (Å²) in [7, 11) is 0. The molecule has 5 aromatic rings. The molecule has 1 N–H and O–H groups in total. The van der Waals surface area contributed by atoms with Gasteiger partial charge in [0.05, 0.1) is 5.52 Å².